The van der Waals surface area contributed by atoms with Gasteiger partial charge < -0.3 is 9.88 Å². The van der Waals surface area contributed by atoms with Crippen LogP contribution in [0.15, 0.2) is 65.6 Å². The third-order valence-corrected chi connectivity index (χ3v) is 4.48. The fraction of sp³-hybridized carbons (Fsp3) is 0.150. The number of hydrogen-bond acceptors (Lipinski definition) is 3. The summed E-state index contributed by atoms with van der Waals surface area (Å²) in [5, 5.41) is 7.15. The van der Waals surface area contributed by atoms with Crippen LogP contribution in [0.1, 0.15) is 22.8 Å². The molecule has 0 saturated carbocycles. The molecular weight excluding hydrogens is 328 g/mol. The van der Waals surface area contributed by atoms with Crippen molar-refractivity contribution in [1.29, 1.82) is 0 Å². The minimum atomic E-state index is -0.175. The third-order valence-electron chi connectivity index (χ3n) is 4.48. The molecule has 26 heavy (non-hydrogen) atoms. The summed E-state index contributed by atoms with van der Waals surface area (Å²) >= 11 is 0. The molecule has 1 N–H and O–H groups in total. The normalized spacial score (nSPS) is 11.1. The molecule has 0 saturated heterocycles. The van der Waals surface area contributed by atoms with E-state index < -0.39 is 0 Å². The van der Waals surface area contributed by atoms with Crippen molar-refractivity contribution in [3.63, 3.8) is 0 Å². The Morgan fingerprint density at radius 1 is 1.04 bits per heavy atom. The topological polar surface area (TPSA) is 68.4 Å². The minimum absolute atomic E-state index is 0.112. The Morgan fingerprint density at radius 2 is 1.85 bits per heavy atom. The van der Waals surface area contributed by atoms with E-state index >= 15 is 0 Å². The highest BCUT2D eigenvalue weighted by Gasteiger charge is 2.13. The molecule has 0 atom stereocenters. The molecule has 2 heterocycles. The molecule has 0 bridgehead atoms. The predicted molar refractivity (Wildman–Crippen MR) is 100 cm³/mol. The van der Waals surface area contributed by atoms with E-state index in [-0.39, 0.29) is 11.5 Å². The van der Waals surface area contributed by atoms with Crippen LogP contribution >= 0.6 is 0 Å². The molecule has 0 aliphatic carbocycles. The molecule has 0 unspecified atom stereocenters. The van der Waals surface area contributed by atoms with E-state index in [4.69, 9.17) is 0 Å². The Balaban J connectivity index is 1.74. The number of nitrogens with one attached hydrogen (secondary N) is 1. The van der Waals surface area contributed by atoms with Gasteiger partial charge in [0.15, 0.2) is 0 Å². The van der Waals surface area contributed by atoms with Crippen LogP contribution in [0.25, 0.3) is 16.6 Å². The Kier molecular flexibility index (Phi) is 4.01. The van der Waals surface area contributed by atoms with Crippen LogP contribution in [0, 0.1) is 0 Å². The summed E-state index contributed by atoms with van der Waals surface area (Å²) in [4.78, 5) is 25.2. The van der Waals surface area contributed by atoms with Crippen LogP contribution in [0.3, 0.4) is 0 Å². The lowest BCUT2D eigenvalue weighted by atomic mass is 10.1. The van der Waals surface area contributed by atoms with Gasteiger partial charge in [-0.15, -0.1) is 0 Å². The molecule has 2 aromatic carbocycles. The summed E-state index contributed by atoms with van der Waals surface area (Å²) in [6.07, 6.45) is 1.61. The smallest absolute Gasteiger partial charge is 0.277 e. The minimum Gasteiger partial charge on any atom is -0.348 e. The monoisotopic (exact) mass is 346 g/mol. The molecule has 6 nitrogen and oxygen atoms in total. The van der Waals surface area contributed by atoms with Crippen LogP contribution < -0.4 is 10.9 Å². The van der Waals surface area contributed by atoms with Crippen molar-refractivity contribution in [2.75, 3.05) is 0 Å². The molecule has 4 rings (SSSR count). The summed E-state index contributed by atoms with van der Waals surface area (Å²) in [6, 6.07) is 16.8. The van der Waals surface area contributed by atoms with Gasteiger partial charge in [0.25, 0.3) is 11.5 Å². The summed E-state index contributed by atoms with van der Waals surface area (Å²) in [5.74, 6) is -0.175. The van der Waals surface area contributed by atoms with Gasteiger partial charge in [-0.3, -0.25) is 9.59 Å². The van der Waals surface area contributed by atoms with Gasteiger partial charge in [-0.25, -0.2) is 4.52 Å². The van der Waals surface area contributed by atoms with Crippen LogP contribution in [-0.2, 0) is 13.1 Å². The maximum atomic E-state index is 12.6. The second-order valence-electron chi connectivity index (χ2n) is 6.05. The van der Waals surface area contributed by atoms with Gasteiger partial charge in [0, 0.05) is 18.7 Å². The number of hydrogen-bond donors (Lipinski definition) is 1. The molecule has 6 heteroatoms. The van der Waals surface area contributed by atoms with Gasteiger partial charge in [0.1, 0.15) is 5.52 Å². The number of fused-ring (bicyclic) bond motifs is 3. The second-order valence-corrected chi connectivity index (χ2v) is 6.05. The summed E-state index contributed by atoms with van der Waals surface area (Å²) in [6.45, 7) is 2.89. The zero-order valence-electron chi connectivity index (χ0n) is 14.3. The zero-order chi connectivity index (χ0) is 18.1. The number of carbonyl (C=O) groups excluding carboxylic acids is 1. The highest BCUT2D eigenvalue weighted by atomic mass is 16.1. The van der Waals surface area contributed by atoms with Gasteiger partial charge in [-0.2, -0.15) is 5.10 Å². The summed E-state index contributed by atoms with van der Waals surface area (Å²) in [5.41, 5.74) is 3.46. The number of amides is 1. The maximum absolute atomic E-state index is 12.6. The van der Waals surface area contributed by atoms with E-state index in [2.05, 4.69) is 10.4 Å². The first-order valence-electron chi connectivity index (χ1n) is 8.51. The van der Waals surface area contributed by atoms with Crippen LogP contribution in [0.4, 0.5) is 0 Å². The molecule has 4 aromatic rings. The van der Waals surface area contributed by atoms with E-state index in [1.54, 1.807) is 33.5 Å². The Bertz CT molecular complexity index is 1160. The molecule has 0 fully saturated rings. The van der Waals surface area contributed by atoms with Crippen LogP contribution in [-0.4, -0.2) is 20.1 Å². The first-order valence-corrected chi connectivity index (χ1v) is 8.51. The standard InChI is InChI=1S/C20H18N4O2/c1-2-23-18-12-15(19(25)21-13-14-6-4-3-5-7-14)8-9-16(18)24-17(20(23)26)10-11-22-24/h3-12H,2,13H2,1H3,(H,21,25). The fourth-order valence-electron chi connectivity index (χ4n) is 3.16. The van der Waals surface area contributed by atoms with E-state index in [1.165, 1.54) is 0 Å². The highest BCUT2D eigenvalue weighted by Crippen LogP contribution is 2.16. The number of aromatic nitrogens is 3. The van der Waals surface area contributed by atoms with Gasteiger partial charge >= 0.3 is 0 Å². The van der Waals surface area contributed by atoms with E-state index in [0.29, 0.717) is 29.7 Å². The lowest BCUT2D eigenvalue weighted by Crippen LogP contribution is -2.25. The predicted octanol–water partition coefficient (Wildman–Crippen LogP) is 2.60. The molecular formula is C20H18N4O2. The van der Waals surface area contributed by atoms with Crippen LogP contribution in [0.5, 0.6) is 0 Å². The van der Waals surface area contributed by atoms with Gasteiger partial charge in [0.05, 0.1) is 17.2 Å². The average Bonchev–Trinajstić information content (AvgIpc) is 3.17. The zero-order valence-corrected chi connectivity index (χ0v) is 14.3. The van der Waals surface area contributed by atoms with Crippen molar-refractivity contribution in [2.45, 2.75) is 20.0 Å². The largest absolute Gasteiger partial charge is 0.348 e. The summed E-state index contributed by atoms with van der Waals surface area (Å²) in [7, 11) is 0. The van der Waals surface area contributed by atoms with Crippen molar-refractivity contribution in [1.82, 2.24) is 19.5 Å². The number of carbonyl (C=O) groups is 1. The number of nitrogens with zero attached hydrogens (tertiary/aromatic N) is 3. The van der Waals surface area contributed by atoms with Gasteiger partial charge in [0.2, 0.25) is 0 Å². The van der Waals surface area contributed by atoms with Crippen molar-refractivity contribution < 1.29 is 4.79 Å². The first kappa shape index (κ1) is 16.1. The van der Waals surface area contributed by atoms with Crippen molar-refractivity contribution in [3.8, 4) is 0 Å². The van der Waals surface area contributed by atoms with Gasteiger partial charge in [-0.05, 0) is 36.8 Å². The molecule has 130 valence electrons. The molecule has 0 aliphatic rings. The second kappa shape index (κ2) is 6.48. The summed E-state index contributed by atoms with van der Waals surface area (Å²) < 4.78 is 3.29. The lowest BCUT2D eigenvalue weighted by Gasteiger charge is -2.12. The quantitative estimate of drug-likeness (QED) is 0.618. The molecule has 0 spiro atoms. The van der Waals surface area contributed by atoms with Gasteiger partial charge in [-0.1, -0.05) is 30.3 Å². The average molecular weight is 346 g/mol. The first-order chi connectivity index (χ1) is 12.7. The van der Waals surface area contributed by atoms with Crippen molar-refractivity contribution in [3.05, 3.63) is 82.3 Å². The highest BCUT2D eigenvalue weighted by molar-refractivity contribution is 5.97. The Hall–Kier alpha value is -3.41. The van der Waals surface area contributed by atoms with Crippen molar-refractivity contribution >= 4 is 22.5 Å². The number of benzene rings is 2. The number of rotatable bonds is 4. The Morgan fingerprint density at radius 3 is 2.62 bits per heavy atom. The molecule has 0 radical (unpaired) electrons. The molecule has 2 aromatic heterocycles. The number of aryl methyl sites for hydroxylation is 1. The maximum Gasteiger partial charge on any atom is 0.277 e. The molecule has 1 amide bonds. The van der Waals surface area contributed by atoms with E-state index in [9.17, 15) is 9.59 Å². The van der Waals surface area contributed by atoms with E-state index in [0.717, 1.165) is 11.1 Å². The van der Waals surface area contributed by atoms with E-state index in [1.807, 2.05) is 43.3 Å². The van der Waals surface area contributed by atoms with Crippen LogP contribution in [0.2, 0.25) is 0 Å². The molecule has 0 aliphatic heterocycles. The van der Waals surface area contributed by atoms with Crippen molar-refractivity contribution in [2.24, 2.45) is 0 Å². The Labute approximate surface area is 149 Å². The fourth-order valence-corrected chi connectivity index (χ4v) is 3.16. The lowest BCUT2D eigenvalue weighted by molar-refractivity contribution is 0.0951. The SMILES string of the molecule is CCn1c(=O)c2ccnn2c2ccc(C(=O)NCc3ccccc3)cc21. The third kappa shape index (κ3) is 2.65.